The van der Waals surface area contributed by atoms with Gasteiger partial charge in [-0.1, -0.05) is 42.5 Å². The lowest BCUT2D eigenvalue weighted by Gasteiger charge is -2.03. The van der Waals surface area contributed by atoms with E-state index in [9.17, 15) is 0 Å². The Morgan fingerprint density at radius 3 is 2.35 bits per heavy atom. The molecule has 0 fully saturated rings. The Labute approximate surface area is 121 Å². The van der Waals surface area contributed by atoms with Crippen LogP contribution in [-0.2, 0) is 0 Å². The van der Waals surface area contributed by atoms with Crippen molar-refractivity contribution in [1.29, 1.82) is 5.26 Å². The minimum Gasteiger partial charge on any atom is -0.292 e. The standard InChI is InChI=1S/C16H11N3S/c17-11-12-6-8-14(9-7-12)19-16(20)10-15(18-19)13-4-2-1-3-5-13/h1-10,18H. The summed E-state index contributed by atoms with van der Waals surface area (Å²) in [7, 11) is 0. The number of hydrogen-bond acceptors (Lipinski definition) is 2. The Kier molecular flexibility index (Phi) is 3.20. The molecule has 1 heterocycles. The zero-order valence-electron chi connectivity index (χ0n) is 10.6. The Balaban J connectivity index is 2.05. The van der Waals surface area contributed by atoms with Crippen LogP contribution in [0.2, 0.25) is 0 Å². The van der Waals surface area contributed by atoms with E-state index in [1.807, 2.05) is 53.2 Å². The first-order valence-electron chi connectivity index (χ1n) is 6.16. The van der Waals surface area contributed by atoms with Crippen LogP contribution >= 0.6 is 12.2 Å². The fraction of sp³-hybridized carbons (Fsp3) is 0. The van der Waals surface area contributed by atoms with Crippen molar-refractivity contribution in [3.05, 3.63) is 70.9 Å². The van der Waals surface area contributed by atoms with E-state index in [-0.39, 0.29) is 0 Å². The van der Waals surface area contributed by atoms with Gasteiger partial charge in [0.2, 0.25) is 0 Å². The van der Waals surface area contributed by atoms with Crippen molar-refractivity contribution >= 4 is 12.2 Å². The molecular weight excluding hydrogens is 266 g/mol. The Morgan fingerprint density at radius 2 is 1.70 bits per heavy atom. The van der Waals surface area contributed by atoms with E-state index in [4.69, 9.17) is 17.5 Å². The van der Waals surface area contributed by atoms with E-state index >= 15 is 0 Å². The highest BCUT2D eigenvalue weighted by Crippen LogP contribution is 2.19. The van der Waals surface area contributed by atoms with Gasteiger partial charge in [-0.3, -0.25) is 5.10 Å². The molecule has 3 nitrogen and oxygen atoms in total. The second-order valence-electron chi connectivity index (χ2n) is 4.37. The van der Waals surface area contributed by atoms with E-state index in [1.165, 1.54) is 0 Å². The molecule has 96 valence electrons. The molecule has 0 spiro atoms. The third-order valence-corrected chi connectivity index (χ3v) is 3.36. The summed E-state index contributed by atoms with van der Waals surface area (Å²) >= 11 is 5.38. The molecule has 0 radical (unpaired) electrons. The lowest BCUT2D eigenvalue weighted by molar-refractivity contribution is 0.872. The van der Waals surface area contributed by atoms with Crippen LogP contribution in [0.4, 0.5) is 0 Å². The molecule has 0 aliphatic heterocycles. The lowest BCUT2D eigenvalue weighted by Crippen LogP contribution is -1.96. The van der Waals surface area contributed by atoms with Crippen molar-refractivity contribution in [3.63, 3.8) is 0 Å². The SMILES string of the molecule is N#Cc1ccc(-n2[nH]c(-c3ccccc3)cc2=S)cc1. The van der Waals surface area contributed by atoms with Gasteiger partial charge < -0.3 is 0 Å². The monoisotopic (exact) mass is 277 g/mol. The van der Waals surface area contributed by atoms with Gasteiger partial charge in [0.25, 0.3) is 0 Å². The second kappa shape index (κ2) is 5.16. The molecule has 0 saturated heterocycles. The van der Waals surface area contributed by atoms with Crippen molar-refractivity contribution < 1.29 is 0 Å². The highest BCUT2D eigenvalue weighted by Gasteiger charge is 2.04. The zero-order valence-corrected chi connectivity index (χ0v) is 11.4. The van der Waals surface area contributed by atoms with Crippen LogP contribution in [0.1, 0.15) is 5.56 Å². The predicted molar refractivity (Wildman–Crippen MR) is 81.1 cm³/mol. The summed E-state index contributed by atoms with van der Waals surface area (Å²) in [6.45, 7) is 0. The molecule has 20 heavy (non-hydrogen) atoms. The average molecular weight is 277 g/mol. The van der Waals surface area contributed by atoms with Crippen LogP contribution in [0.15, 0.2) is 60.7 Å². The first-order chi connectivity index (χ1) is 9.78. The molecule has 3 aromatic rings. The normalized spacial score (nSPS) is 10.2. The number of H-pyrrole nitrogens is 1. The molecule has 0 aliphatic carbocycles. The lowest BCUT2D eigenvalue weighted by atomic mass is 10.2. The maximum Gasteiger partial charge on any atom is 0.128 e. The molecule has 4 heteroatoms. The van der Waals surface area contributed by atoms with Gasteiger partial charge in [0.1, 0.15) is 4.64 Å². The molecular formula is C16H11N3S. The number of nitrogens with one attached hydrogen (secondary N) is 1. The quantitative estimate of drug-likeness (QED) is 0.717. The minimum atomic E-state index is 0.634. The summed E-state index contributed by atoms with van der Waals surface area (Å²) in [5.41, 5.74) is 3.61. The minimum absolute atomic E-state index is 0.634. The number of benzene rings is 2. The van der Waals surface area contributed by atoms with Gasteiger partial charge in [0, 0.05) is 6.07 Å². The predicted octanol–water partition coefficient (Wildman–Crippen LogP) is 4.07. The first kappa shape index (κ1) is 12.4. The summed E-state index contributed by atoms with van der Waals surface area (Å²) in [5, 5.41) is 12.1. The largest absolute Gasteiger partial charge is 0.292 e. The molecule has 0 aliphatic rings. The third kappa shape index (κ3) is 2.27. The van der Waals surface area contributed by atoms with Crippen LogP contribution in [-0.4, -0.2) is 9.78 Å². The van der Waals surface area contributed by atoms with Gasteiger partial charge in [-0.2, -0.15) is 5.26 Å². The second-order valence-corrected chi connectivity index (χ2v) is 4.79. The highest BCUT2D eigenvalue weighted by molar-refractivity contribution is 7.71. The Morgan fingerprint density at radius 1 is 1.00 bits per heavy atom. The zero-order chi connectivity index (χ0) is 13.9. The fourth-order valence-electron chi connectivity index (χ4n) is 2.04. The Hall–Kier alpha value is -2.64. The van der Waals surface area contributed by atoms with Crippen LogP contribution in [0.5, 0.6) is 0 Å². The maximum atomic E-state index is 8.82. The number of nitrogens with zero attached hydrogens (tertiary/aromatic N) is 2. The number of nitriles is 1. The van der Waals surface area contributed by atoms with Gasteiger partial charge in [-0.25, -0.2) is 4.68 Å². The topological polar surface area (TPSA) is 44.5 Å². The number of aromatic amines is 1. The summed E-state index contributed by atoms with van der Waals surface area (Å²) in [5.74, 6) is 0. The van der Waals surface area contributed by atoms with Gasteiger partial charge in [-0.05, 0) is 29.8 Å². The molecule has 0 saturated carbocycles. The van der Waals surface area contributed by atoms with Gasteiger partial charge in [0.15, 0.2) is 0 Å². The maximum absolute atomic E-state index is 8.82. The molecule has 1 N–H and O–H groups in total. The van der Waals surface area contributed by atoms with E-state index < -0.39 is 0 Å². The molecule has 2 aromatic carbocycles. The molecule has 1 aromatic heterocycles. The van der Waals surface area contributed by atoms with Crippen LogP contribution < -0.4 is 0 Å². The molecule has 0 amide bonds. The number of rotatable bonds is 2. The summed E-state index contributed by atoms with van der Waals surface area (Å²) in [4.78, 5) is 0. The smallest absolute Gasteiger partial charge is 0.128 e. The van der Waals surface area contributed by atoms with Gasteiger partial charge in [-0.15, -0.1) is 0 Å². The average Bonchev–Trinajstić information content (AvgIpc) is 2.90. The van der Waals surface area contributed by atoms with Gasteiger partial charge in [0.05, 0.1) is 23.0 Å². The van der Waals surface area contributed by atoms with Crippen LogP contribution in [0.3, 0.4) is 0 Å². The van der Waals surface area contributed by atoms with Crippen molar-refractivity contribution in [2.75, 3.05) is 0 Å². The van der Waals surface area contributed by atoms with Crippen molar-refractivity contribution in [2.24, 2.45) is 0 Å². The molecule has 0 bridgehead atoms. The summed E-state index contributed by atoms with van der Waals surface area (Å²) in [6, 6.07) is 21.4. The molecule has 0 atom stereocenters. The van der Waals surface area contributed by atoms with Crippen molar-refractivity contribution in [2.45, 2.75) is 0 Å². The number of aromatic nitrogens is 2. The molecule has 3 rings (SSSR count). The van der Waals surface area contributed by atoms with Crippen LogP contribution in [0, 0.1) is 16.0 Å². The van der Waals surface area contributed by atoms with E-state index in [2.05, 4.69) is 11.2 Å². The van der Waals surface area contributed by atoms with E-state index in [0.29, 0.717) is 10.2 Å². The highest BCUT2D eigenvalue weighted by atomic mass is 32.1. The number of hydrogen-bond donors (Lipinski definition) is 1. The first-order valence-corrected chi connectivity index (χ1v) is 6.57. The van der Waals surface area contributed by atoms with Crippen molar-refractivity contribution in [3.8, 4) is 23.0 Å². The molecule has 0 unspecified atom stereocenters. The van der Waals surface area contributed by atoms with Crippen molar-refractivity contribution in [1.82, 2.24) is 9.78 Å². The Bertz CT molecular complexity index is 821. The van der Waals surface area contributed by atoms with Gasteiger partial charge >= 0.3 is 0 Å². The third-order valence-electron chi connectivity index (χ3n) is 3.06. The summed E-state index contributed by atoms with van der Waals surface area (Å²) in [6.07, 6.45) is 0. The van der Waals surface area contributed by atoms with Crippen LogP contribution in [0.25, 0.3) is 16.9 Å². The summed E-state index contributed by atoms with van der Waals surface area (Å²) < 4.78 is 2.53. The fourth-order valence-corrected chi connectivity index (χ4v) is 2.31. The van der Waals surface area contributed by atoms with E-state index in [1.54, 1.807) is 12.1 Å². The van der Waals surface area contributed by atoms with E-state index in [0.717, 1.165) is 16.9 Å².